The van der Waals surface area contributed by atoms with Crippen LogP contribution in [0, 0.1) is 5.92 Å². The molecule has 1 fully saturated rings. The summed E-state index contributed by atoms with van der Waals surface area (Å²) in [5.74, 6) is -0.726. The molecule has 1 aliphatic carbocycles. The van der Waals surface area contributed by atoms with E-state index in [1.165, 1.54) is 24.8 Å². The Morgan fingerprint density at radius 1 is 1.27 bits per heavy atom. The Labute approximate surface area is 184 Å². The zero-order valence-corrected chi connectivity index (χ0v) is 19.0. The normalized spacial score (nSPS) is 22.3. The number of allylic oxidation sites excluding steroid dienone is 2. The van der Waals surface area contributed by atoms with E-state index in [4.69, 9.17) is 16.7 Å². The van der Waals surface area contributed by atoms with Gasteiger partial charge in [-0.3, -0.25) is 9.59 Å². The van der Waals surface area contributed by atoms with E-state index in [1.807, 2.05) is 12.3 Å². The van der Waals surface area contributed by atoms with Crippen LogP contribution >= 0.6 is 11.6 Å². The molecule has 1 atom stereocenters. The van der Waals surface area contributed by atoms with Gasteiger partial charge in [0.1, 0.15) is 0 Å². The number of hydrogen-bond acceptors (Lipinski definition) is 2. The third-order valence-corrected chi connectivity index (χ3v) is 6.77. The number of halogens is 1. The van der Waals surface area contributed by atoms with Gasteiger partial charge in [0.25, 0.3) is 0 Å². The van der Waals surface area contributed by atoms with Crippen molar-refractivity contribution >= 4 is 29.6 Å². The van der Waals surface area contributed by atoms with E-state index in [1.54, 1.807) is 4.90 Å². The van der Waals surface area contributed by atoms with Crippen LogP contribution < -0.4 is 0 Å². The molecule has 5 heteroatoms. The molecule has 0 unspecified atom stereocenters. The first-order valence-electron chi connectivity index (χ1n) is 10.9. The Morgan fingerprint density at radius 3 is 2.57 bits per heavy atom. The van der Waals surface area contributed by atoms with Crippen molar-refractivity contribution in [2.24, 2.45) is 5.92 Å². The number of carboxylic acid groups (broad SMARTS) is 1. The van der Waals surface area contributed by atoms with Crippen LogP contribution in [-0.2, 0) is 15.0 Å². The number of carbonyl (C=O) groups is 2. The van der Waals surface area contributed by atoms with Gasteiger partial charge in [-0.2, -0.15) is 0 Å². The first kappa shape index (κ1) is 22.6. The number of amides is 1. The fourth-order valence-corrected chi connectivity index (χ4v) is 4.94. The summed E-state index contributed by atoms with van der Waals surface area (Å²) in [6.07, 6.45) is 10.5. The minimum Gasteiger partial charge on any atom is -0.481 e. The molecule has 3 rings (SSSR count). The fraction of sp³-hybridized carbons (Fsp3) is 0.520. The highest BCUT2D eigenvalue weighted by molar-refractivity contribution is 6.32. The van der Waals surface area contributed by atoms with Crippen molar-refractivity contribution in [1.29, 1.82) is 0 Å². The second-order valence-corrected chi connectivity index (χ2v) is 9.49. The lowest BCUT2D eigenvalue weighted by molar-refractivity contribution is -0.138. The Bertz CT molecular complexity index is 878. The van der Waals surface area contributed by atoms with E-state index in [0.717, 1.165) is 34.6 Å². The number of hydrogen-bond donors (Lipinski definition) is 1. The van der Waals surface area contributed by atoms with E-state index in [-0.39, 0.29) is 24.8 Å². The maximum Gasteiger partial charge on any atom is 0.305 e. The topological polar surface area (TPSA) is 57.6 Å². The second kappa shape index (κ2) is 9.38. The maximum atomic E-state index is 12.8. The molecular formula is C25H32ClNO3. The largest absolute Gasteiger partial charge is 0.481 e. The minimum atomic E-state index is -0.898. The van der Waals surface area contributed by atoms with Crippen LogP contribution in [0.3, 0.4) is 0 Å². The lowest BCUT2D eigenvalue weighted by Gasteiger charge is -2.41. The van der Waals surface area contributed by atoms with Gasteiger partial charge in [0, 0.05) is 29.6 Å². The molecule has 0 bridgehead atoms. The highest BCUT2D eigenvalue weighted by atomic mass is 35.5. The van der Waals surface area contributed by atoms with E-state index in [9.17, 15) is 9.59 Å². The molecule has 1 heterocycles. The standard InChI is InChI=1S/C25H32ClNO3/c1-17(2)21-16-27(12-11-24(29)30)23(28)15-25(21,3)20-10-9-19(22(26)14-20)13-18-7-5-4-6-8-18/h9-10,13-14,16-17H,4-8,11-12,15H2,1-3H3,(H,29,30)/t25-/m0/s1. The number of carboxylic acids is 1. The lowest BCUT2D eigenvalue weighted by Crippen LogP contribution is -2.42. The number of nitrogens with zero attached hydrogens (tertiary/aromatic N) is 1. The summed E-state index contributed by atoms with van der Waals surface area (Å²) in [6.45, 7) is 6.52. The molecule has 0 aromatic heterocycles. The number of carbonyl (C=O) groups excluding carboxylic acids is 1. The summed E-state index contributed by atoms with van der Waals surface area (Å²) in [6, 6.07) is 6.18. The number of benzene rings is 1. The van der Waals surface area contributed by atoms with E-state index in [2.05, 4.69) is 39.0 Å². The van der Waals surface area contributed by atoms with Gasteiger partial charge in [-0.15, -0.1) is 0 Å². The molecule has 0 spiro atoms. The van der Waals surface area contributed by atoms with Gasteiger partial charge in [-0.05, 0) is 54.4 Å². The van der Waals surface area contributed by atoms with Crippen molar-refractivity contribution in [3.8, 4) is 0 Å². The van der Waals surface area contributed by atoms with Gasteiger partial charge < -0.3 is 10.0 Å². The summed E-state index contributed by atoms with van der Waals surface area (Å²) >= 11 is 6.68. The zero-order chi connectivity index (χ0) is 21.9. The van der Waals surface area contributed by atoms with Gasteiger partial charge >= 0.3 is 5.97 Å². The average molecular weight is 430 g/mol. The smallest absolute Gasteiger partial charge is 0.305 e. The molecule has 4 nitrogen and oxygen atoms in total. The monoisotopic (exact) mass is 429 g/mol. The van der Waals surface area contributed by atoms with Crippen molar-refractivity contribution in [2.45, 2.75) is 71.1 Å². The minimum absolute atomic E-state index is 0.0485. The van der Waals surface area contributed by atoms with Crippen LogP contribution in [0.15, 0.2) is 35.5 Å². The predicted molar refractivity (Wildman–Crippen MR) is 121 cm³/mol. The highest BCUT2D eigenvalue weighted by Crippen LogP contribution is 2.44. The molecule has 0 radical (unpaired) electrons. The SMILES string of the molecule is CC(C)C1=CN(CCC(=O)O)C(=O)C[C@@]1(C)c1ccc(C=C2CCCCC2)c(Cl)c1. The molecule has 1 amide bonds. The molecule has 1 saturated carbocycles. The summed E-state index contributed by atoms with van der Waals surface area (Å²) in [5, 5.41) is 9.70. The summed E-state index contributed by atoms with van der Waals surface area (Å²) < 4.78 is 0. The van der Waals surface area contributed by atoms with Crippen LogP contribution in [0.25, 0.3) is 6.08 Å². The van der Waals surface area contributed by atoms with Gasteiger partial charge in [0.15, 0.2) is 0 Å². The van der Waals surface area contributed by atoms with E-state index in [0.29, 0.717) is 6.42 Å². The van der Waals surface area contributed by atoms with Crippen molar-refractivity contribution in [1.82, 2.24) is 4.90 Å². The van der Waals surface area contributed by atoms with Gasteiger partial charge in [-0.25, -0.2) is 0 Å². The van der Waals surface area contributed by atoms with Crippen LogP contribution in [-0.4, -0.2) is 28.4 Å². The molecule has 30 heavy (non-hydrogen) atoms. The Balaban J connectivity index is 1.92. The first-order chi connectivity index (χ1) is 14.2. The van der Waals surface area contributed by atoms with Crippen LogP contribution in [0.5, 0.6) is 0 Å². The quantitative estimate of drug-likeness (QED) is 0.586. The molecule has 1 aromatic rings. The third-order valence-electron chi connectivity index (χ3n) is 6.44. The number of aliphatic carboxylic acids is 1. The maximum absolute atomic E-state index is 12.8. The first-order valence-corrected chi connectivity index (χ1v) is 11.3. The molecule has 0 saturated heterocycles. The van der Waals surface area contributed by atoms with E-state index >= 15 is 0 Å². The molecule has 1 aromatic carbocycles. The fourth-order valence-electron chi connectivity index (χ4n) is 4.71. The van der Waals surface area contributed by atoms with Crippen LogP contribution in [0.1, 0.15) is 76.8 Å². The molecule has 2 aliphatic rings. The highest BCUT2D eigenvalue weighted by Gasteiger charge is 2.40. The zero-order valence-electron chi connectivity index (χ0n) is 18.2. The Kier molecular flexibility index (Phi) is 7.07. The summed E-state index contributed by atoms with van der Waals surface area (Å²) in [7, 11) is 0. The second-order valence-electron chi connectivity index (χ2n) is 9.08. The van der Waals surface area contributed by atoms with Crippen LogP contribution in [0.4, 0.5) is 0 Å². The molecule has 162 valence electrons. The Morgan fingerprint density at radius 2 is 1.97 bits per heavy atom. The Hall–Kier alpha value is -2.07. The van der Waals surface area contributed by atoms with Crippen molar-refractivity contribution < 1.29 is 14.7 Å². The van der Waals surface area contributed by atoms with Crippen molar-refractivity contribution in [3.63, 3.8) is 0 Å². The number of rotatable bonds is 6. The summed E-state index contributed by atoms with van der Waals surface area (Å²) in [4.78, 5) is 25.3. The predicted octanol–water partition coefficient (Wildman–Crippen LogP) is 6.19. The van der Waals surface area contributed by atoms with Crippen molar-refractivity contribution in [2.75, 3.05) is 6.54 Å². The van der Waals surface area contributed by atoms with Crippen LogP contribution in [0.2, 0.25) is 5.02 Å². The lowest BCUT2D eigenvalue weighted by atomic mass is 9.68. The summed E-state index contributed by atoms with van der Waals surface area (Å²) in [5.41, 5.74) is 4.21. The van der Waals surface area contributed by atoms with Crippen molar-refractivity contribution in [3.05, 3.63) is 51.7 Å². The third kappa shape index (κ3) is 4.97. The average Bonchev–Trinajstić information content (AvgIpc) is 2.69. The van der Waals surface area contributed by atoms with Gasteiger partial charge in [0.05, 0.1) is 6.42 Å². The molecule has 1 N–H and O–H groups in total. The van der Waals surface area contributed by atoms with Gasteiger partial charge in [-0.1, -0.05) is 62.6 Å². The molecular weight excluding hydrogens is 398 g/mol. The molecule has 1 aliphatic heterocycles. The van der Waals surface area contributed by atoms with Gasteiger partial charge in [0.2, 0.25) is 5.91 Å². The van der Waals surface area contributed by atoms with E-state index < -0.39 is 11.4 Å².